The molecule has 1 aromatic rings. The molecule has 2 rings (SSSR count). The molecule has 0 aromatic heterocycles. The van der Waals surface area contributed by atoms with E-state index in [1.165, 1.54) is 12.1 Å². The van der Waals surface area contributed by atoms with E-state index in [2.05, 4.69) is 5.32 Å². The van der Waals surface area contributed by atoms with Gasteiger partial charge in [-0.05, 0) is 49.3 Å². The molecule has 7 heteroatoms. The molecule has 1 unspecified atom stereocenters. The maximum Gasteiger partial charge on any atom is 0.416 e. The van der Waals surface area contributed by atoms with Crippen LogP contribution >= 0.6 is 11.8 Å². The van der Waals surface area contributed by atoms with Crippen LogP contribution in [0.1, 0.15) is 30.9 Å². The summed E-state index contributed by atoms with van der Waals surface area (Å²) in [6.07, 6.45) is -3.61. The number of carbonyl (C=O) groups is 1. The van der Waals surface area contributed by atoms with Gasteiger partial charge in [0.2, 0.25) is 0 Å². The van der Waals surface area contributed by atoms with E-state index in [0.717, 1.165) is 6.07 Å². The van der Waals surface area contributed by atoms with E-state index in [4.69, 9.17) is 0 Å². The number of aliphatic hydroxyl groups is 1. The minimum absolute atomic E-state index is 0.0618. The number of alkyl halides is 3. The Labute approximate surface area is 137 Å². The van der Waals surface area contributed by atoms with Crippen LogP contribution in [0.25, 0.3) is 0 Å². The summed E-state index contributed by atoms with van der Waals surface area (Å²) in [5.41, 5.74) is -1.95. The summed E-state index contributed by atoms with van der Waals surface area (Å²) in [5, 5.41) is 13.0. The number of hydrogen-bond acceptors (Lipinski definition) is 3. The third-order valence-corrected chi connectivity index (χ3v) is 4.95. The third-order valence-electron chi connectivity index (χ3n) is 3.97. The normalized spacial score (nSPS) is 19.2. The first-order chi connectivity index (χ1) is 10.7. The summed E-state index contributed by atoms with van der Waals surface area (Å²) >= 11 is 1.68. The van der Waals surface area contributed by atoms with Crippen LogP contribution in [0.2, 0.25) is 0 Å². The molecule has 128 valence electrons. The van der Waals surface area contributed by atoms with Crippen molar-refractivity contribution in [1.82, 2.24) is 5.32 Å². The Hall–Kier alpha value is -1.21. The van der Waals surface area contributed by atoms with Crippen LogP contribution in [0.15, 0.2) is 24.3 Å². The average Bonchev–Trinajstić information content (AvgIpc) is 2.47. The minimum Gasteiger partial charge on any atom is -0.380 e. The topological polar surface area (TPSA) is 49.3 Å². The Bertz CT molecular complexity index is 557. The number of rotatable bonds is 4. The van der Waals surface area contributed by atoms with Crippen molar-refractivity contribution in [2.24, 2.45) is 0 Å². The van der Waals surface area contributed by atoms with Gasteiger partial charge in [-0.1, -0.05) is 18.2 Å². The van der Waals surface area contributed by atoms with Crippen LogP contribution in [0.5, 0.6) is 0 Å². The Kier molecular flexibility index (Phi) is 5.62. The minimum atomic E-state index is -4.42. The van der Waals surface area contributed by atoms with Gasteiger partial charge >= 0.3 is 6.18 Å². The standard InChI is InChI=1S/C16H20F3NO2S/c1-11(20-14(21)15(22)6-8-23-9-7-15)10-12-4-2-3-5-13(12)16(17,18)19/h2-5,11,22H,6-10H2,1H3,(H,20,21). The largest absolute Gasteiger partial charge is 0.416 e. The second-order valence-electron chi connectivity index (χ2n) is 5.88. The number of amides is 1. The average molecular weight is 347 g/mol. The molecule has 1 aromatic carbocycles. The molecular formula is C16H20F3NO2S. The fourth-order valence-corrected chi connectivity index (χ4v) is 3.82. The number of carbonyl (C=O) groups excluding carboxylic acids is 1. The molecule has 0 spiro atoms. The SMILES string of the molecule is CC(Cc1ccccc1C(F)(F)F)NC(=O)C1(O)CCSCC1. The lowest BCUT2D eigenvalue weighted by Gasteiger charge is -2.31. The Morgan fingerprint density at radius 1 is 1.35 bits per heavy atom. The second kappa shape index (κ2) is 7.13. The molecule has 0 bridgehead atoms. The highest BCUT2D eigenvalue weighted by Crippen LogP contribution is 2.32. The van der Waals surface area contributed by atoms with E-state index in [1.54, 1.807) is 24.8 Å². The maximum absolute atomic E-state index is 13.0. The molecule has 1 aliphatic rings. The van der Waals surface area contributed by atoms with Gasteiger partial charge in [0.25, 0.3) is 5.91 Å². The molecule has 2 N–H and O–H groups in total. The zero-order valence-corrected chi connectivity index (χ0v) is 13.6. The molecule has 0 saturated carbocycles. The number of thioether (sulfide) groups is 1. The lowest BCUT2D eigenvalue weighted by atomic mass is 9.94. The van der Waals surface area contributed by atoms with Crippen LogP contribution in [0.4, 0.5) is 13.2 Å². The van der Waals surface area contributed by atoms with Crippen molar-refractivity contribution in [2.75, 3.05) is 11.5 Å². The van der Waals surface area contributed by atoms with Crippen molar-refractivity contribution in [3.05, 3.63) is 35.4 Å². The number of benzene rings is 1. The first-order valence-corrected chi connectivity index (χ1v) is 8.64. The number of halogens is 3. The maximum atomic E-state index is 13.0. The van der Waals surface area contributed by atoms with Gasteiger partial charge in [-0.3, -0.25) is 4.79 Å². The van der Waals surface area contributed by atoms with Gasteiger partial charge in [0, 0.05) is 6.04 Å². The van der Waals surface area contributed by atoms with Gasteiger partial charge in [0.1, 0.15) is 5.60 Å². The number of nitrogens with one attached hydrogen (secondary N) is 1. The van der Waals surface area contributed by atoms with E-state index in [9.17, 15) is 23.1 Å². The molecule has 1 heterocycles. The van der Waals surface area contributed by atoms with Crippen molar-refractivity contribution in [1.29, 1.82) is 0 Å². The summed E-state index contributed by atoms with van der Waals surface area (Å²) in [4.78, 5) is 12.2. The molecule has 1 atom stereocenters. The van der Waals surface area contributed by atoms with Gasteiger partial charge in [0.05, 0.1) is 5.56 Å². The second-order valence-corrected chi connectivity index (χ2v) is 7.10. The summed E-state index contributed by atoms with van der Waals surface area (Å²) in [7, 11) is 0. The highest BCUT2D eigenvalue weighted by atomic mass is 32.2. The Morgan fingerprint density at radius 3 is 2.57 bits per heavy atom. The fraction of sp³-hybridized carbons (Fsp3) is 0.562. The van der Waals surface area contributed by atoms with Gasteiger partial charge in [-0.15, -0.1) is 0 Å². The molecule has 3 nitrogen and oxygen atoms in total. The van der Waals surface area contributed by atoms with Crippen molar-refractivity contribution in [3.8, 4) is 0 Å². The van der Waals surface area contributed by atoms with Crippen molar-refractivity contribution in [2.45, 2.75) is 44.0 Å². The van der Waals surface area contributed by atoms with Gasteiger partial charge in [0.15, 0.2) is 0 Å². The zero-order valence-electron chi connectivity index (χ0n) is 12.8. The van der Waals surface area contributed by atoms with Gasteiger partial charge < -0.3 is 10.4 Å². The van der Waals surface area contributed by atoms with E-state index in [0.29, 0.717) is 24.3 Å². The lowest BCUT2D eigenvalue weighted by molar-refractivity contribution is -0.141. The highest BCUT2D eigenvalue weighted by molar-refractivity contribution is 7.99. The third kappa shape index (κ3) is 4.64. The fourth-order valence-electron chi connectivity index (χ4n) is 2.65. The van der Waals surface area contributed by atoms with E-state index in [-0.39, 0.29) is 12.0 Å². The molecule has 1 saturated heterocycles. The van der Waals surface area contributed by atoms with Crippen LogP contribution in [-0.4, -0.2) is 34.2 Å². The number of hydrogen-bond donors (Lipinski definition) is 2. The van der Waals surface area contributed by atoms with Crippen molar-refractivity contribution >= 4 is 17.7 Å². The summed E-state index contributed by atoms with van der Waals surface area (Å²) in [5.74, 6) is 0.916. The smallest absolute Gasteiger partial charge is 0.380 e. The van der Waals surface area contributed by atoms with E-state index >= 15 is 0 Å². The molecule has 1 amide bonds. The summed E-state index contributed by atoms with van der Waals surface area (Å²) in [6, 6.07) is 4.85. The van der Waals surface area contributed by atoms with Crippen molar-refractivity contribution < 1.29 is 23.1 Å². The first-order valence-electron chi connectivity index (χ1n) is 7.48. The van der Waals surface area contributed by atoms with E-state index in [1.807, 2.05) is 0 Å². The summed E-state index contributed by atoms with van der Waals surface area (Å²) in [6.45, 7) is 1.64. The quantitative estimate of drug-likeness (QED) is 0.880. The van der Waals surface area contributed by atoms with Crippen LogP contribution in [-0.2, 0) is 17.4 Å². The Balaban J connectivity index is 2.03. The highest BCUT2D eigenvalue weighted by Gasteiger charge is 2.38. The van der Waals surface area contributed by atoms with Gasteiger partial charge in [-0.2, -0.15) is 24.9 Å². The predicted molar refractivity (Wildman–Crippen MR) is 84.3 cm³/mol. The van der Waals surface area contributed by atoms with Crippen LogP contribution in [0, 0.1) is 0 Å². The lowest BCUT2D eigenvalue weighted by Crippen LogP contribution is -2.51. The van der Waals surface area contributed by atoms with Gasteiger partial charge in [-0.25, -0.2) is 0 Å². The molecule has 23 heavy (non-hydrogen) atoms. The molecule has 0 radical (unpaired) electrons. The van der Waals surface area contributed by atoms with E-state index < -0.39 is 29.3 Å². The predicted octanol–water partition coefficient (Wildman–Crippen LogP) is 3.01. The first kappa shape index (κ1) is 18.1. The van der Waals surface area contributed by atoms with Crippen LogP contribution in [0.3, 0.4) is 0 Å². The molecule has 1 fully saturated rings. The summed E-state index contributed by atoms with van der Waals surface area (Å²) < 4.78 is 39.0. The molecule has 0 aliphatic carbocycles. The molecule has 1 aliphatic heterocycles. The Morgan fingerprint density at radius 2 is 1.96 bits per heavy atom. The van der Waals surface area contributed by atoms with Crippen LogP contribution < -0.4 is 5.32 Å². The monoisotopic (exact) mass is 347 g/mol. The van der Waals surface area contributed by atoms with Crippen molar-refractivity contribution in [3.63, 3.8) is 0 Å². The molecular weight excluding hydrogens is 327 g/mol. The zero-order chi connectivity index (χ0) is 17.1.